The second kappa shape index (κ2) is 3.92. The van der Waals surface area contributed by atoms with Crippen LogP contribution in [-0.4, -0.2) is 32.2 Å². The standard InChI is InChI=1S/C10H14F2N2/c1-13(2)10(11,12)14(3)9-7-5-4-6-8-9/h4-8H,1-3H3. The zero-order valence-corrected chi connectivity index (χ0v) is 8.54. The monoisotopic (exact) mass is 200 g/mol. The Bertz CT molecular complexity index is 285. The fourth-order valence-electron chi connectivity index (χ4n) is 1.11. The molecule has 0 aliphatic rings. The summed E-state index contributed by atoms with van der Waals surface area (Å²) in [6.45, 7) is 0. The van der Waals surface area contributed by atoms with Gasteiger partial charge in [0.25, 0.3) is 0 Å². The molecule has 0 saturated heterocycles. The van der Waals surface area contributed by atoms with E-state index in [4.69, 9.17) is 0 Å². The lowest BCUT2D eigenvalue weighted by molar-refractivity contribution is -0.118. The van der Waals surface area contributed by atoms with E-state index in [0.29, 0.717) is 5.69 Å². The van der Waals surface area contributed by atoms with Crippen molar-refractivity contribution in [3.8, 4) is 0 Å². The highest BCUT2D eigenvalue weighted by molar-refractivity contribution is 5.46. The summed E-state index contributed by atoms with van der Waals surface area (Å²) in [4.78, 5) is 1.81. The molecule has 2 nitrogen and oxygen atoms in total. The Labute approximate surface area is 82.7 Å². The van der Waals surface area contributed by atoms with Crippen LogP contribution in [0.1, 0.15) is 0 Å². The normalized spacial score (nSPS) is 11.9. The summed E-state index contributed by atoms with van der Waals surface area (Å²) in [7, 11) is 4.06. The molecule has 0 atom stereocenters. The van der Waals surface area contributed by atoms with E-state index in [1.807, 2.05) is 0 Å². The fraction of sp³-hybridized carbons (Fsp3) is 0.400. The molecule has 0 bridgehead atoms. The summed E-state index contributed by atoms with van der Waals surface area (Å²) < 4.78 is 27.0. The third-order valence-corrected chi connectivity index (χ3v) is 2.09. The Kier molecular flexibility index (Phi) is 3.06. The van der Waals surface area contributed by atoms with Gasteiger partial charge in [0.1, 0.15) is 0 Å². The van der Waals surface area contributed by atoms with Crippen LogP contribution in [-0.2, 0) is 0 Å². The summed E-state index contributed by atoms with van der Waals surface area (Å²) in [5.74, 6) is 0. The minimum absolute atomic E-state index is 0.492. The molecule has 1 aromatic carbocycles. The van der Waals surface area contributed by atoms with Gasteiger partial charge >= 0.3 is 6.17 Å². The van der Waals surface area contributed by atoms with Crippen LogP contribution in [0.25, 0.3) is 0 Å². The number of hydrogen-bond acceptors (Lipinski definition) is 2. The van der Waals surface area contributed by atoms with Gasteiger partial charge in [-0.05, 0) is 26.2 Å². The first-order valence-electron chi connectivity index (χ1n) is 4.30. The molecule has 0 unspecified atom stereocenters. The van der Waals surface area contributed by atoms with E-state index >= 15 is 0 Å². The molecule has 0 heterocycles. The molecule has 0 saturated carbocycles. The fourth-order valence-corrected chi connectivity index (χ4v) is 1.11. The molecular weight excluding hydrogens is 186 g/mol. The van der Waals surface area contributed by atoms with Crippen molar-refractivity contribution in [2.24, 2.45) is 0 Å². The van der Waals surface area contributed by atoms with Gasteiger partial charge in [0.15, 0.2) is 0 Å². The molecule has 0 fully saturated rings. The first-order valence-corrected chi connectivity index (χ1v) is 4.30. The van der Waals surface area contributed by atoms with Crippen LogP contribution < -0.4 is 4.90 Å². The molecule has 0 N–H and O–H groups in total. The van der Waals surface area contributed by atoms with Crippen LogP contribution in [0.2, 0.25) is 0 Å². The zero-order chi connectivity index (χ0) is 10.8. The summed E-state index contributed by atoms with van der Waals surface area (Å²) >= 11 is 0. The average molecular weight is 200 g/mol. The van der Waals surface area contributed by atoms with Crippen molar-refractivity contribution < 1.29 is 8.78 Å². The number of benzene rings is 1. The Morgan fingerprint density at radius 3 is 1.93 bits per heavy atom. The summed E-state index contributed by atoms with van der Waals surface area (Å²) in [5.41, 5.74) is 0.492. The first-order chi connectivity index (χ1) is 6.46. The Morgan fingerprint density at radius 2 is 1.50 bits per heavy atom. The second-order valence-electron chi connectivity index (χ2n) is 3.30. The minimum Gasteiger partial charge on any atom is -0.302 e. The first kappa shape index (κ1) is 10.9. The van der Waals surface area contributed by atoms with Gasteiger partial charge in [-0.1, -0.05) is 18.2 Å². The van der Waals surface area contributed by atoms with E-state index in [0.717, 1.165) is 9.80 Å². The molecule has 0 amide bonds. The number of halogens is 2. The predicted molar refractivity (Wildman–Crippen MR) is 53.5 cm³/mol. The summed E-state index contributed by atoms with van der Waals surface area (Å²) in [5, 5.41) is 0. The van der Waals surface area contributed by atoms with Crippen LogP contribution in [0.15, 0.2) is 30.3 Å². The molecule has 4 heteroatoms. The highest BCUT2D eigenvalue weighted by Gasteiger charge is 2.37. The van der Waals surface area contributed by atoms with E-state index in [1.165, 1.54) is 21.1 Å². The second-order valence-corrected chi connectivity index (χ2v) is 3.30. The van der Waals surface area contributed by atoms with Crippen molar-refractivity contribution in [1.82, 2.24) is 4.90 Å². The quantitative estimate of drug-likeness (QED) is 0.545. The largest absolute Gasteiger partial charge is 0.390 e. The molecule has 0 aliphatic heterocycles. The maximum absolute atomic E-state index is 13.5. The highest BCUT2D eigenvalue weighted by atomic mass is 19.3. The average Bonchev–Trinajstić information content (AvgIpc) is 2.17. The van der Waals surface area contributed by atoms with Gasteiger partial charge in [-0.3, -0.25) is 0 Å². The van der Waals surface area contributed by atoms with Gasteiger partial charge in [0, 0.05) is 12.7 Å². The lowest BCUT2D eigenvalue weighted by atomic mass is 10.3. The molecule has 78 valence electrons. The van der Waals surface area contributed by atoms with Crippen LogP contribution in [0.4, 0.5) is 14.5 Å². The van der Waals surface area contributed by atoms with E-state index in [2.05, 4.69) is 0 Å². The lowest BCUT2D eigenvalue weighted by Gasteiger charge is -2.33. The molecule has 1 rings (SSSR count). The van der Waals surface area contributed by atoms with Gasteiger partial charge < -0.3 is 4.90 Å². The van der Waals surface area contributed by atoms with Crippen molar-refractivity contribution in [3.05, 3.63) is 30.3 Å². The van der Waals surface area contributed by atoms with Crippen LogP contribution in [0, 0.1) is 0 Å². The number of rotatable bonds is 3. The van der Waals surface area contributed by atoms with Crippen molar-refractivity contribution in [3.63, 3.8) is 0 Å². The molecule has 14 heavy (non-hydrogen) atoms. The number of alkyl halides is 2. The lowest BCUT2D eigenvalue weighted by Crippen LogP contribution is -2.49. The van der Waals surface area contributed by atoms with E-state index < -0.39 is 6.17 Å². The van der Waals surface area contributed by atoms with Gasteiger partial charge in [0.05, 0.1) is 0 Å². The van der Waals surface area contributed by atoms with Crippen LogP contribution >= 0.6 is 0 Å². The molecule has 0 aromatic heterocycles. The summed E-state index contributed by atoms with van der Waals surface area (Å²) in [6.07, 6.45) is -2.97. The third-order valence-electron chi connectivity index (χ3n) is 2.09. The molecule has 0 radical (unpaired) electrons. The van der Waals surface area contributed by atoms with Crippen molar-refractivity contribution in [2.45, 2.75) is 6.17 Å². The third kappa shape index (κ3) is 2.01. The van der Waals surface area contributed by atoms with Crippen molar-refractivity contribution >= 4 is 5.69 Å². The number of nitrogens with zero attached hydrogens (tertiary/aromatic N) is 2. The Morgan fingerprint density at radius 1 is 1.00 bits per heavy atom. The number of anilines is 1. The SMILES string of the molecule is CN(C)C(F)(F)N(C)c1ccccc1. The maximum atomic E-state index is 13.5. The summed E-state index contributed by atoms with van der Waals surface area (Å²) in [6, 6.07) is 8.56. The Balaban J connectivity index is 2.90. The van der Waals surface area contributed by atoms with Gasteiger partial charge in [-0.2, -0.15) is 8.78 Å². The van der Waals surface area contributed by atoms with E-state index in [1.54, 1.807) is 30.3 Å². The van der Waals surface area contributed by atoms with Crippen LogP contribution in [0.5, 0.6) is 0 Å². The molecule has 1 aromatic rings. The molecular formula is C10H14F2N2. The van der Waals surface area contributed by atoms with E-state index in [9.17, 15) is 8.78 Å². The van der Waals surface area contributed by atoms with Crippen molar-refractivity contribution in [1.29, 1.82) is 0 Å². The highest BCUT2D eigenvalue weighted by Crippen LogP contribution is 2.26. The minimum atomic E-state index is -2.97. The number of para-hydroxylation sites is 1. The predicted octanol–water partition coefficient (Wildman–Crippen LogP) is 2.23. The number of hydrogen-bond donors (Lipinski definition) is 0. The topological polar surface area (TPSA) is 6.48 Å². The maximum Gasteiger partial charge on any atom is 0.390 e. The van der Waals surface area contributed by atoms with Gasteiger partial charge in [-0.25, -0.2) is 4.90 Å². The Hall–Kier alpha value is -1.16. The smallest absolute Gasteiger partial charge is 0.302 e. The van der Waals surface area contributed by atoms with Crippen molar-refractivity contribution in [2.75, 3.05) is 26.0 Å². The van der Waals surface area contributed by atoms with E-state index in [-0.39, 0.29) is 0 Å². The van der Waals surface area contributed by atoms with Gasteiger partial charge in [-0.15, -0.1) is 0 Å². The molecule has 0 spiro atoms. The zero-order valence-electron chi connectivity index (χ0n) is 8.54. The molecule has 0 aliphatic carbocycles. The van der Waals surface area contributed by atoms with Gasteiger partial charge in [0.2, 0.25) is 0 Å². The van der Waals surface area contributed by atoms with Crippen LogP contribution in [0.3, 0.4) is 0 Å².